The van der Waals surface area contributed by atoms with Gasteiger partial charge in [-0.3, -0.25) is 5.10 Å². The Labute approximate surface area is 84.0 Å². The number of aromatic amines is 1. The molecule has 1 saturated heterocycles. The average molecular weight is 195 g/mol. The van der Waals surface area contributed by atoms with Crippen molar-refractivity contribution >= 4 is 0 Å². The molecule has 0 aromatic carbocycles. The first-order valence-electron chi connectivity index (χ1n) is 5.14. The van der Waals surface area contributed by atoms with Crippen LogP contribution in [0.15, 0.2) is 12.3 Å². The Morgan fingerprint density at radius 3 is 3.14 bits per heavy atom. The van der Waals surface area contributed by atoms with Crippen LogP contribution in [-0.2, 0) is 4.74 Å². The lowest BCUT2D eigenvalue weighted by Crippen LogP contribution is -2.36. The number of ether oxygens (including phenoxy) is 1. The van der Waals surface area contributed by atoms with Crippen LogP contribution >= 0.6 is 0 Å². The Morgan fingerprint density at radius 1 is 1.71 bits per heavy atom. The maximum atomic E-state index is 5.50. The molecule has 0 aliphatic carbocycles. The van der Waals surface area contributed by atoms with Gasteiger partial charge in [-0.2, -0.15) is 5.10 Å². The van der Waals surface area contributed by atoms with Crippen molar-refractivity contribution in [2.24, 2.45) is 0 Å². The second kappa shape index (κ2) is 4.11. The smallest absolute Gasteiger partial charge is 0.0700 e. The molecule has 1 aliphatic heterocycles. The van der Waals surface area contributed by atoms with Gasteiger partial charge in [-0.25, -0.2) is 0 Å². The molecule has 0 radical (unpaired) electrons. The van der Waals surface area contributed by atoms with E-state index in [0.717, 1.165) is 18.7 Å². The quantitative estimate of drug-likeness (QED) is 0.763. The van der Waals surface area contributed by atoms with Gasteiger partial charge in [-0.15, -0.1) is 0 Å². The van der Waals surface area contributed by atoms with Crippen LogP contribution in [0.4, 0.5) is 0 Å². The average Bonchev–Trinajstić information content (AvgIpc) is 2.77. The Morgan fingerprint density at radius 2 is 2.57 bits per heavy atom. The first-order valence-corrected chi connectivity index (χ1v) is 5.14. The lowest BCUT2D eigenvalue weighted by Gasteiger charge is -2.20. The standard InChI is InChI=1S/C10H17N3O/c1-7(9-3-5-11-13-9)12-10-4-6-14-8(10)2/h3,5,7-8,10,12H,4,6H2,1-2H3,(H,11,13). The third kappa shape index (κ3) is 1.96. The van der Waals surface area contributed by atoms with Gasteiger partial charge in [-0.1, -0.05) is 0 Å². The van der Waals surface area contributed by atoms with E-state index in [2.05, 4.69) is 29.4 Å². The summed E-state index contributed by atoms with van der Waals surface area (Å²) in [4.78, 5) is 0. The van der Waals surface area contributed by atoms with Crippen LogP contribution < -0.4 is 5.32 Å². The Balaban J connectivity index is 1.91. The Hall–Kier alpha value is -0.870. The minimum Gasteiger partial charge on any atom is -0.377 e. The first-order chi connectivity index (χ1) is 6.77. The summed E-state index contributed by atoms with van der Waals surface area (Å²) in [6.45, 7) is 5.12. The van der Waals surface area contributed by atoms with Crippen LogP contribution in [0, 0.1) is 0 Å². The first kappa shape index (κ1) is 9.68. The molecular weight excluding hydrogens is 178 g/mol. The van der Waals surface area contributed by atoms with Gasteiger partial charge in [0.2, 0.25) is 0 Å². The maximum Gasteiger partial charge on any atom is 0.0700 e. The van der Waals surface area contributed by atoms with Gasteiger partial charge in [0, 0.05) is 24.9 Å². The molecular formula is C10H17N3O. The fourth-order valence-electron chi connectivity index (χ4n) is 1.87. The van der Waals surface area contributed by atoms with E-state index in [9.17, 15) is 0 Å². The molecule has 2 rings (SSSR count). The van der Waals surface area contributed by atoms with Crippen molar-refractivity contribution in [3.63, 3.8) is 0 Å². The molecule has 1 aromatic rings. The van der Waals surface area contributed by atoms with Gasteiger partial charge >= 0.3 is 0 Å². The molecule has 1 aliphatic rings. The Kier molecular flexibility index (Phi) is 2.84. The predicted molar refractivity (Wildman–Crippen MR) is 54.0 cm³/mol. The second-order valence-electron chi connectivity index (χ2n) is 3.87. The third-order valence-electron chi connectivity index (χ3n) is 2.83. The highest BCUT2D eigenvalue weighted by Gasteiger charge is 2.25. The Bertz CT molecular complexity index is 273. The monoisotopic (exact) mass is 195 g/mol. The van der Waals surface area contributed by atoms with Crippen LogP contribution in [0.1, 0.15) is 32.0 Å². The van der Waals surface area contributed by atoms with Crippen molar-refractivity contribution in [2.75, 3.05) is 6.61 Å². The number of nitrogens with zero attached hydrogens (tertiary/aromatic N) is 1. The van der Waals surface area contributed by atoms with Gasteiger partial charge in [0.25, 0.3) is 0 Å². The summed E-state index contributed by atoms with van der Waals surface area (Å²) in [5.41, 5.74) is 1.13. The van der Waals surface area contributed by atoms with Crippen LogP contribution in [0.3, 0.4) is 0 Å². The van der Waals surface area contributed by atoms with Crippen molar-refractivity contribution in [3.8, 4) is 0 Å². The van der Waals surface area contributed by atoms with E-state index in [4.69, 9.17) is 4.74 Å². The summed E-state index contributed by atoms with van der Waals surface area (Å²) >= 11 is 0. The molecule has 2 N–H and O–H groups in total. The van der Waals surface area contributed by atoms with E-state index >= 15 is 0 Å². The summed E-state index contributed by atoms with van der Waals surface area (Å²) in [6.07, 6.45) is 3.20. The predicted octanol–water partition coefficient (Wildman–Crippen LogP) is 1.24. The number of nitrogens with one attached hydrogen (secondary N) is 2. The van der Waals surface area contributed by atoms with Crippen LogP contribution in [0.2, 0.25) is 0 Å². The zero-order chi connectivity index (χ0) is 9.97. The second-order valence-corrected chi connectivity index (χ2v) is 3.87. The van der Waals surface area contributed by atoms with Crippen LogP contribution in [0.25, 0.3) is 0 Å². The topological polar surface area (TPSA) is 49.9 Å². The summed E-state index contributed by atoms with van der Waals surface area (Å²) in [7, 11) is 0. The minimum atomic E-state index is 0.312. The van der Waals surface area contributed by atoms with Crippen molar-refractivity contribution in [1.29, 1.82) is 0 Å². The molecule has 4 nitrogen and oxygen atoms in total. The lowest BCUT2D eigenvalue weighted by atomic mass is 10.1. The zero-order valence-corrected chi connectivity index (χ0v) is 8.66. The highest BCUT2D eigenvalue weighted by molar-refractivity contribution is 5.04. The fourth-order valence-corrected chi connectivity index (χ4v) is 1.87. The summed E-state index contributed by atoms with van der Waals surface area (Å²) in [6, 6.07) is 2.78. The minimum absolute atomic E-state index is 0.312. The van der Waals surface area contributed by atoms with Gasteiger partial charge in [0.15, 0.2) is 0 Å². The van der Waals surface area contributed by atoms with E-state index in [1.165, 1.54) is 0 Å². The molecule has 4 heteroatoms. The number of H-pyrrole nitrogens is 1. The third-order valence-corrected chi connectivity index (χ3v) is 2.83. The summed E-state index contributed by atoms with van der Waals surface area (Å²) in [5.74, 6) is 0. The largest absolute Gasteiger partial charge is 0.377 e. The summed E-state index contributed by atoms with van der Waals surface area (Å²) < 4.78 is 5.50. The highest BCUT2D eigenvalue weighted by atomic mass is 16.5. The zero-order valence-electron chi connectivity index (χ0n) is 8.66. The van der Waals surface area contributed by atoms with Crippen LogP contribution in [-0.4, -0.2) is 29.0 Å². The van der Waals surface area contributed by atoms with E-state index < -0.39 is 0 Å². The number of hydrogen-bond acceptors (Lipinski definition) is 3. The number of aromatic nitrogens is 2. The fraction of sp³-hybridized carbons (Fsp3) is 0.700. The van der Waals surface area contributed by atoms with Gasteiger partial charge in [0.1, 0.15) is 0 Å². The normalized spacial score (nSPS) is 29.3. The van der Waals surface area contributed by atoms with Crippen molar-refractivity contribution in [2.45, 2.75) is 38.5 Å². The van der Waals surface area contributed by atoms with E-state index in [-0.39, 0.29) is 0 Å². The highest BCUT2D eigenvalue weighted by Crippen LogP contribution is 2.17. The van der Waals surface area contributed by atoms with E-state index in [1.54, 1.807) is 6.20 Å². The molecule has 78 valence electrons. The van der Waals surface area contributed by atoms with E-state index in [1.807, 2.05) is 6.07 Å². The SMILES string of the molecule is CC(NC1CCOC1C)c1ccn[nH]1. The molecule has 1 fully saturated rings. The number of rotatable bonds is 3. The maximum absolute atomic E-state index is 5.50. The van der Waals surface area contributed by atoms with Crippen molar-refractivity contribution < 1.29 is 4.74 Å². The molecule has 0 saturated carbocycles. The van der Waals surface area contributed by atoms with Gasteiger partial charge in [-0.05, 0) is 26.3 Å². The number of hydrogen-bond donors (Lipinski definition) is 2. The lowest BCUT2D eigenvalue weighted by molar-refractivity contribution is 0.111. The molecule has 2 heterocycles. The van der Waals surface area contributed by atoms with Crippen molar-refractivity contribution in [1.82, 2.24) is 15.5 Å². The van der Waals surface area contributed by atoms with Gasteiger partial charge < -0.3 is 10.1 Å². The molecule has 3 atom stereocenters. The van der Waals surface area contributed by atoms with Gasteiger partial charge in [0.05, 0.1) is 11.8 Å². The molecule has 0 bridgehead atoms. The van der Waals surface area contributed by atoms with E-state index in [0.29, 0.717) is 18.2 Å². The molecule has 3 unspecified atom stereocenters. The van der Waals surface area contributed by atoms with Crippen LogP contribution in [0.5, 0.6) is 0 Å². The molecule has 0 amide bonds. The molecule has 1 aromatic heterocycles. The van der Waals surface area contributed by atoms with Crippen molar-refractivity contribution in [3.05, 3.63) is 18.0 Å². The summed E-state index contributed by atoms with van der Waals surface area (Å²) in [5, 5.41) is 10.4. The molecule has 0 spiro atoms. The molecule has 14 heavy (non-hydrogen) atoms.